The maximum Gasteiger partial charge on any atom is 0.235 e. The van der Waals surface area contributed by atoms with Crippen LogP contribution in [0.25, 0.3) is 48.7 Å². The molecule has 270 valence electrons. The summed E-state index contributed by atoms with van der Waals surface area (Å²) in [5.74, 6) is -1.87. The van der Waals surface area contributed by atoms with Gasteiger partial charge in [-0.15, -0.1) is 10.2 Å². The van der Waals surface area contributed by atoms with Crippen LogP contribution in [0.2, 0.25) is 0 Å². The van der Waals surface area contributed by atoms with Crippen LogP contribution in [0.5, 0.6) is 0 Å². The summed E-state index contributed by atoms with van der Waals surface area (Å²) < 4.78 is 52.6. The Kier molecular flexibility index (Phi) is 7.89. The van der Waals surface area contributed by atoms with E-state index in [1.165, 1.54) is 16.8 Å². The summed E-state index contributed by atoms with van der Waals surface area (Å²) in [5.41, 5.74) is 0.417. The van der Waals surface area contributed by atoms with Crippen LogP contribution in [-0.4, -0.2) is 92.7 Å². The molecule has 2 aliphatic heterocycles. The van der Waals surface area contributed by atoms with E-state index < -0.39 is 28.3 Å². The van der Waals surface area contributed by atoms with Gasteiger partial charge in [-0.05, 0) is 51.9 Å². The quantitative estimate of drug-likeness (QED) is 0.266. The van der Waals surface area contributed by atoms with Gasteiger partial charge in [-0.2, -0.15) is 9.61 Å². The number of aryl methyl sites for hydroxylation is 1. The van der Waals surface area contributed by atoms with Crippen LogP contribution in [-0.2, 0) is 6.54 Å². The van der Waals surface area contributed by atoms with Crippen molar-refractivity contribution >= 4 is 49.5 Å². The molecule has 3 aliphatic rings. The number of anilines is 2. The van der Waals surface area contributed by atoms with Gasteiger partial charge < -0.3 is 29.2 Å². The fourth-order valence-corrected chi connectivity index (χ4v) is 8.51. The van der Waals surface area contributed by atoms with Gasteiger partial charge in [0.05, 0.1) is 33.2 Å². The van der Waals surface area contributed by atoms with Gasteiger partial charge in [0.1, 0.15) is 17.3 Å². The molecule has 2 aromatic carbocycles. The molecule has 1 unspecified atom stereocenters. The SMILES string of the molecule is CCn1cc(-c2nn3c(-c4cn(C5CC5)c5cc(N6CCN(C)CC6)c(F)cc5c4=O)nnc3s2)c(=O)c2cc(F)c(N3CCNC(C)C3)c(F)c21. The molecule has 1 aliphatic carbocycles. The lowest BCUT2D eigenvalue weighted by molar-refractivity contribution is 0.312. The summed E-state index contributed by atoms with van der Waals surface area (Å²) in [5, 5.41) is 17.0. The second-order valence-corrected chi connectivity index (χ2v) is 15.1. The lowest BCUT2D eigenvalue weighted by Gasteiger charge is -2.34. The highest BCUT2D eigenvalue weighted by Crippen LogP contribution is 2.39. The van der Waals surface area contributed by atoms with Gasteiger partial charge in [0.15, 0.2) is 22.1 Å². The molecule has 1 saturated carbocycles. The standard InChI is InChI=1S/C36H37F3N10O2S/c1-4-45-17-24(33(51)22-14-26(38)31(29(39)30(22)45)47-8-7-40-19(2)16-47)35-43-49-34(41-42-36(49)52-35)23-18-48(20-5-6-20)27-15-28(25(37)13-21(27)32(23)50)46-11-9-44(3)10-12-46/h13-15,17-20,40H,4-12,16H2,1-3H3. The first-order valence-electron chi connectivity index (χ1n) is 17.7. The highest BCUT2D eigenvalue weighted by atomic mass is 32.1. The Labute approximate surface area is 299 Å². The lowest BCUT2D eigenvalue weighted by Crippen LogP contribution is -2.49. The zero-order chi connectivity index (χ0) is 36.0. The van der Waals surface area contributed by atoms with Crippen molar-refractivity contribution in [1.29, 1.82) is 0 Å². The molecule has 12 nitrogen and oxygen atoms in total. The predicted octanol–water partition coefficient (Wildman–Crippen LogP) is 4.47. The molecule has 2 saturated heterocycles. The smallest absolute Gasteiger partial charge is 0.235 e. The second kappa shape index (κ2) is 12.4. The first-order chi connectivity index (χ1) is 25.1. The van der Waals surface area contributed by atoms with Crippen molar-refractivity contribution in [2.45, 2.75) is 45.3 Å². The molecule has 0 spiro atoms. The molecule has 3 fully saturated rings. The molecular weight excluding hydrogens is 694 g/mol. The first kappa shape index (κ1) is 33.1. The van der Waals surface area contributed by atoms with Crippen LogP contribution in [0, 0.1) is 17.5 Å². The van der Waals surface area contributed by atoms with Crippen molar-refractivity contribution in [3.8, 4) is 22.0 Å². The highest BCUT2D eigenvalue weighted by Gasteiger charge is 2.30. The molecular formula is C36H37F3N10O2S. The minimum absolute atomic E-state index is 0.0299. The van der Waals surface area contributed by atoms with Crippen LogP contribution in [0.1, 0.15) is 32.7 Å². The molecule has 6 aromatic rings. The van der Waals surface area contributed by atoms with E-state index in [9.17, 15) is 9.59 Å². The Morgan fingerprint density at radius 1 is 0.904 bits per heavy atom. The van der Waals surface area contributed by atoms with Crippen LogP contribution in [0.15, 0.2) is 40.2 Å². The highest BCUT2D eigenvalue weighted by molar-refractivity contribution is 7.19. The second-order valence-electron chi connectivity index (χ2n) is 14.1. The largest absolute Gasteiger partial charge is 0.367 e. The summed E-state index contributed by atoms with van der Waals surface area (Å²) in [4.78, 5) is 34.3. The molecule has 4 aromatic heterocycles. The summed E-state index contributed by atoms with van der Waals surface area (Å²) in [6.07, 6.45) is 5.15. The number of hydrogen-bond donors (Lipinski definition) is 1. The number of pyridine rings is 2. The van der Waals surface area contributed by atoms with Gasteiger partial charge >= 0.3 is 0 Å². The number of aromatic nitrogens is 6. The van der Waals surface area contributed by atoms with Gasteiger partial charge in [0.25, 0.3) is 0 Å². The molecule has 0 bridgehead atoms. The Bertz CT molecular complexity index is 2530. The van der Waals surface area contributed by atoms with Gasteiger partial charge in [-0.3, -0.25) is 9.59 Å². The number of likely N-dealkylation sites (N-methyl/N-ethyl adjacent to an activating group) is 1. The van der Waals surface area contributed by atoms with E-state index in [4.69, 9.17) is 0 Å². The number of rotatable bonds is 6. The number of halogens is 3. The maximum atomic E-state index is 16.2. The van der Waals surface area contributed by atoms with Gasteiger partial charge in [0.2, 0.25) is 10.4 Å². The molecule has 52 heavy (non-hydrogen) atoms. The topological polar surface area (TPSA) is 109 Å². The van der Waals surface area contributed by atoms with E-state index in [0.717, 1.165) is 43.3 Å². The predicted molar refractivity (Wildman–Crippen MR) is 196 cm³/mol. The maximum absolute atomic E-state index is 16.2. The molecule has 0 radical (unpaired) electrons. The average molecular weight is 731 g/mol. The van der Waals surface area contributed by atoms with Crippen LogP contribution in [0.3, 0.4) is 0 Å². The minimum Gasteiger partial charge on any atom is -0.367 e. The molecule has 1 atom stereocenters. The van der Waals surface area contributed by atoms with E-state index >= 15 is 13.2 Å². The monoisotopic (exact) mass is 730 g/mol. The molecule has 0 amide bonds. The first-order valence-corrected chi connectivity index (χ1v) is 18.5. The number of hydrogen-bond acceptors (Lipinski definition) is 10. The van der Waals surface area contributed by atoms with Crippen molar-refractivity contribution < 1.29 is 13.2 Å². The normalized spacial score (nSPS) is 18.8. The van der Waals surface area contributed by atoms with Gasteiger partial charge in [-0.25, -0.2) is 13.2 Å². The van der Waals surface area contributed by atoms with Crippen molar-refractivity contribution in [2.75, 3.05) is 62.7 Å². The number of piperazine rings is 2. The molecule has 16 heteroatoms. The Hall–Kier alpha value is -4.80. The average Bonchev–Trinajstić information content (AvgIpc) is 3.77. The van der Waals surface area contributed by atoms with Crippen molar-refractivity contribution in [1.82, 2.24) is 39.2 Å². The van der Waals surface area contributed by atoms with E-state index in [0.29, 0.717) is 55.4 Å². The summed E-state index contributed by atoms with van der Waals surface area (Å²) in [7, 11) is 2.04. The number of benzene rings is 2. The van der Waals surface area contributed by atoms with Crippen molar-refractivity contribution in [3.63, 3.8) is 0 Å². The number of fused-ring (bicyclic) bond motifs is 3. The molecule has 1 N–H and O–H groups in total. The van der Waals surface area contributed by atoms with E-state index in [1.54, 1.807) is 21.7 Å². The minimum atomic E-state index is -0.799. The van der Waals surface area contributed by atoms with Crippen LogP contribution >= 0.6 is 11.3 Å². The fourth-order valence-electron chi connectivity index (χ4n) is 7.66. The Morgan fingerprint density at radius 2 is 1.65 bits per heavy atom. The van der Waals surface area contributed by atoms with E-state index in [-0.39, 0.29) is 56.0 Å². The van der Waals surface area contributed by atoms with Crippen molar-refractivity contribution in [2.24, 2.45) is 0 Å². The zero-order valence-electron chi connectivity index (χ0n) is 29.0. The molecule has 9 rings (SSSR count). The molecule has 6 heterocycles. The Morgan fingerprint density at radius 3 is 2.38 bits per heavy atom. The van der Waals surface area contributed by atoms with Crippen LogP contribution < -0.4 is 26.0 Å². The summed E-state index contributed by atoms with van der Waals surface area (Å²) in [6.45, 7) is 8.55. The van der Waals surface area contributed by atoms with Crippen LogP contribution in [0.4, 0.5) is 24.5 Å². The van der Waals surface area contributed by atoms with E-state index in [1.807, 2.05) is 30.4 Å². The van der Waals surface area contributed by atoms with E-state index in [2.05, 4.69) is 25.5 Å². The fraction of sp³-hybridized carbons (Fsp3) is 0.417. The summed E-state index contributed by atoms with van der Waals surface area (Å²) >= 11 is 1.08. The third-order valence-corrected chi connectivity index (χ3v) is 11.5. The lowest BCUT2D eigenvalue weighted by atomic mass is 10.1. The third-order valence-electron chi connectivity index (χ3n) is 10.6. The number of nitrogens with zero attached hydrogens (tertiary/aromatic N) is 9. The number of nitrogens with one attached hydrogen (secondary N) is 1. The zero-order valence-corrected chi connectivity index (χ0v) is 29.8. The van der Waals surface area contributed by atoms with Gasteiger partial charge in [-0.1, -0.05) is 11.3 Å². The third kappa shape index (κ3) is 5.29. The summed E-state index contributed by atoms with van der Waals surface area (Å²) in [6, 6.07) is 4.44. The Balaban J connectivity index is 1.15. The van der Waals surface area contributed by atoms with Crippen molar-refractivity contribution in [3.05, 3.63) is 68.5 Å². The van der Waals surface area contributed by atoms with Gasteiger partial charge in [0, 0.05) is 82.2 Å².